The van der Waals surface area contributed by atoms with Gasteiger partial charge in [0.1, 0.15) is 5.75 Å². The molecule has 1 fully saturated rings. The summed E-state index contributed by atoms with van der Waals surface area (Å²) in [5.41, 5.74) is 5.76. The minimum absolute atomic E-state index is 0. The molecule has 2 rings (SSSR count). The average molecular weight is 392 g/mol. The predicted molar refractivity (Wildman–Crippen MR) is 94.5 cm³/mol. The summed E-state index contributed by atoms with van der Waals surface area (Å²) in [6.45, 7) is 1.97. The Balaban J connectivity index is 0.00000242. The van der Waals surface area contributed by atoms with Gasteiger partial charge in [0.25, 0.3) is 0 Å². The van der Waals surface area contributed by atoms with Crippen molar-refractivity contribution in [2.45, 2.75) is 38.1 Å². The van der Waals surface area contributed by atoms with Crippen molar-refractivity contribution in [3.8, 4) is 5.75 Å². The largest absolute Gasteiger partial charge is 0.492 e. The van der Waals surface area contributed by atoms with Gasteiger partial charge in [-0.2, -0.15) is 0 Å². The Morgan fingerprint density at radius 3 is 2.86 bits per heavy atom. The lowest BCUT2D eigenvalue weighted by atomic mass is 10.0. The number of hydrogen-bond donors (Lipinski definition) is 1. The van der Waals surface area contributed by atoms with E-state index in [1.54, 1.807) is 0 Å². The fourth-order valence-electron chi connectivity index (χ4n) is 2.68. The number of rotatable bonds is 6. The molecule has 1 aliphatic rings. The van der Waals surface area contributed by atoms with E-state index in [1.165, 1.54) is 6.42 Å². The summed E-state index contributed by atoms with van der Waals surface area (Å²) in [7, 11) is 0. The number of halogens is 2. The van der Waals surface area contributed by atoms with Crippen LogP contribution in [-0.2, 0) is 4.79 Å². The van der Waals surface area contributed by atoms with Crippen LogP contribution in [0.25, 0.3) is 0 Å². The van der Waals surface area contributed by atoms with Crippen LogP contribution in [0.4, 0.5) is 0 Å². The molecule has 0 radical (unpaired) electrons. The summed E-state index contributed by atoms with van der Waals surface area (Å²) >= 11 is 3.44. The second kappa shape index (κ2) is 10.1. The maximum Gasteiger partial charge on any atom is 0.222 e. The lowest BCUT2D eigenvalue weighted by Gasteiger charge is -2.35. The number of benzene rings is 1. The summed E-state index contributed by atoms with van der Waals surface area (Å²) in [5, 5.41) is 0. The number of piperidine rings is 1. The highest BCUT2D eigenvalue weighted by Crippen LogP contribution is 2.24. The van der Waals surface area contributed by atoms with Crippen molar-refractivity contribution in [2.75, 3.05) is 19.7 Å². The van der Waals surface area contributed by atoms with Gasteiger partial charge in [0.05, 0.1) is 11.1 Å². The number of para-hydroxylation sites is 1. The van der Waals surface area contributed by atoms with E-state index in [2.05, 4.69) is 15.9 Å². The van der Waals surface area contributed by atoms with Crippen molar-refractivity contribution in [3.63, 3.8) is 0 Å². The standard InChI is InChI=1S/C16H23BrN2O2.ClH/c17-14-7-1-2-8-15(14)21-11-5-9-16(20)19-10-4-3-6-13(19)12-18;/h1-2,7-8,13H,3-6,9-12,18H2;1H. The van der Waals surface area contributed by atoms with Crippen molar-refractivity contribution in [3.05, 3.63) is 28.7 Å². The van der Waals surface area contributed by atoms with Gasteiger partial charge >= 0.3 is 0 Å². The van der Waals surface area contributed by atoms with Crippen LogP contribution < -0.4 is 10.5 Å². The smallest absolute Gasteiger partial charge is 0.222 e. The van der Waals surface area contributed by atoms with Gasteiger partial charge in [-0.05, 0) is 53.7 Å². The fourth-order valence-corrected chi connectivity index (χ4v) is 3.08. The molecule has 1 aromatic carbocycles. The van der Waals surface area contributed by atoms with Crippen LogP contribution in [0.5, 0.6) is 5.75 Å². The maximum absolute atomic E-state index is 12.3. The van der Waals surface area contributed by atoms with Gasteiger partial charge in [0, 0.05) is 25.6 Å². The van der Waals surface area contributed by atoms with Gasteiger partial charge in [0.2, 0.25) is 5.91 Å². The first-order valence-electron chi connectivity index (χ1n) is 7.59. The highest BCUT2D eigenvalue weighted by molar-refractivity contribution is 9.10. The quantitative estimate of drug-likeness (QED) is 0.756. The monoisotopic (exact) mass is 390 g/mol. The van der Waals surface area contributed by atoms with Crippen LogP contribution in [-0.4, -0.2) is 36.5 Å². The van der Waals surface area contributed by atoms with E-state index >= 15 is 0 Å². The molecule has 0 aliphatic carbocycles. The van der Waals surface area contributed by atoms with Crippen LogP contribution in [0.2, 0.25) is 0 Å². The van der Waals surface area contributed by atoms with E-state index in [0.29, 0.717) is 19.6 Å². The zero-order valence-electron chi connectivity index (χ0n) is 12.7. The van der Waals surface area contributed by atoms with E-state index in [1.807, 2.05) is 29.2 Å². The topological polar surface area (TPSA) is 55.6 Å². The third-order valence-electron chi connectivity index (χ3n) is 3.85. The summed E-state index contributed by atoms with van der Waals surface area (Å²) in [5.74, 6) is 1.03. The molecule has 1 amide bonds. The Hall–Kier alpha value is -0.780. The molecule has 6 heteroatoms. The van der Waals surface area contributed by atoms with Crippen molar-refractivity contribution < 1.29 is 9.53 Å². The molecule has 1 atom stereocenters. The first kappa shape index (κ1) is 19.3. The molecule has 1 unspecified atom stereocenters. The SMILES string of the molecule is Cl.NCC1CCCCN1C(=O)CCCOc1ccccc1Br. The highest BCUT2D eigenvalue weighted by atomic mass is 79.9. The molecule has 4 nitrogen and oxygen atoms in total. The summed E-state index contributed by atoms with van der Waals surface area (Å²) in [6, 6.07) is 7.98. The molecular formula is C16H24BrClN2O2. The number of nitrogens with zero attached hydrogens (tertiary/aromatic N) is 1. The van der Waals surface area contributed by atoms with Gasteiger partial charge in [-0.1, -0.05) is 12.1 Å². The molecule has 1 saturated heterocycles. The Bertz CT molecular complexity index is 473. The van der Waals surface area contributed by atoms with Gasteiger partial charge in [-0.3, -0.25) is 4.79 Å². The summed E-state index contributed by atoms with van der Waals surface area (Å²) in [4.78, 5) is 14.2. The molecule has 0 saturated carbocycles. The van der Waals surface area contributed by atoms with E-state index in [-0.39, 0.29) is 24.4 Å². The fraction of sp³-hybridized carbons (Fsp3) is 0.562. The minimum Gasteiger partial charge on any atom is -0.492 e. The third-order valence-corrected chi connectivity index (χ3v) is 4.50. The number of hydrogen-bond acceptors (Lipinski definition) is 3. The molecule has 22 heavy (non-hydrogen) atoms. The average Bonchev–Trinajstić information content (AvgIpc) is 2.52. The van der Waals surface area contributed by atoms with E-state index in [0.717, 1.165) is 36.0 Å². The summed E-state index contributed by atoms with van der Waals surface area (Å²) < 4.78 is 6.63. The van der Waals surface area contributed by atoms with Crippen LogP contribution in [0.15, 0.2) is 28.7 Å². The predicted octanol–water partition coefficient (Wildman–Crippen LogP) is 3.37. The number of amides is 1. The Kier molecular flexibility index (Phi) is 8.83. The Morgan fingerprint density at radius 2 is 2.14 bits per heavy atom. The van der Waals surface area contributed by atoms with Crippen LogP contribution in [0.1, 0.15) is 32.1 Å². The maximum atomic E-state index is 12.3. The number of ether oxygens (including phenoxy) is 1. The van der Waals surface area contributed by atoms with Gasteiger partial charge in [0.15, 0.2) is 0 Å². The number of nitrogens with two attached hydrogens (primary N) is 1. The second-order valence-electron chi connectivity index (χ2n) is 5.35. The highest BCUT2D eigenvalue weighted by Gasteiger charge is 2.24. The van der Waals surface area contributed by atoms with Crippen molar-refractivity contribution in [1.82, 2.24) is 4.90 Å². The lowest BCUT2D eigenvalue weighted by Crippen LogP contribution is -2.47. The number of carbonyl (C=O) groups excluding carboxylic acids is 1. The molecule has 0 spiro atoms. The van der Waals surface area contributed by atoms with Crippen LogP contribution in [0, 0.1) is 0 Å². The molecule has 2 N–H and O–H groups in total. The number of carbonyl (C=O) groups is 1. The Morgan fingerprint density at radius 1 is 1.36 bits per heavy atom. The molecular weight excluding hydrogens is 368 g/mol. The summed E-state index contributed by atoms with van der Waals surface area (Å²) in [6.07, 6.45) is 4.57. The van der Waals surface area contributed by atoms with Gasteiger partial charge < -0.3 is 15.4 Å². The molecule has 0 bridgehead atoms. The molecule has 0 aromatic heterocycles. The van der Waals surface area contributed by atoms with E-state index in [4.69, 9.17) is 10.5 Å². The number of likely N-dealkylation sites (tertiary alicyclic amines) is 1. The Labute approximate surface area is 146 Å². The zero-order valence-corrected chi connectivity index (χ0v) is 15.1. The molecule has 1 aliphatic heterocycles. The lowest BCUT2D eigenvalue weighted by molar-refractivity contribution is -0.134. The van der Waals surface area contributed by atoms with E-state index in [9.17, 15) is 4.79 Å². The van der Waals surface area contributed by atoms with Crippen molar-refractivity contribution >= 4 is 34.2 Å². The van der Waals surface area contributed by atoms with E-state index < -0.39 is 0 Å². The van der Waals surface area contributed by atoms with Gasteiger partial charge in [-0.25, -0.2) is 0 Å². The molecule has 1 aromatic rings. The molecule has 1 heterocycles. The minimum atomic E-state index is 0. The second-order valence-corrected chi connectivity index (χ2v) is 6.21. The molecule has 124 valence electrons. The third kappa shape index (κ3) is 5.45. The first-order valence-corrected chi connectivity index (χ1v) is 8.38. The van der Waals surface area contributed by atoms with Gasteiger partial charge in [-0.15, -0.1) is 12.4 Å². The van der Waals surface area contributed by atoms with Crippen LogP contribution in [0.3, 0.4) is 0 Å². The zero-order chi connectivity index (χ0) is 15.1. The van der Waals surface area contributed by atoms with Crippen molar-refractivity contribution in [2.24, 2.45) is 5.73 Å². The normalized spacial score (nSPS) is 17.7. The van der Waals surface area contributed by atoms with Crippen molar-refractivity contribution in [1.29, 1.82) is 0 Å². The first-order chi connectivity index (χ1) is 10.2. The van der Waals surface area contributed by atoms with Crippen LogP contribution >= 0.6 is 28.3 Å².